The van der Waals surface area contributed by atoms with Crippen molar-refractivity contribution in [3.05, 3.63) is 30.1 Å². The van der Waals surface area contributed by atoms with E-state index in [0.717, 1.165) is 29.8 Å². The van der Waals surface area contributed by atoms with Gasteiger partial charge in [0.1, 0.15) is 5.82 Å². The second-order valence-corrected chi connectivity index (χ2v) is 5.79. The molecule has 0 aliphatic carbocycles. The maximum Gasteiger partial charge on any atom is 0.237 e. The number of rotatable bonds is 5. The molecular formula is C16H22N4O2. The van der Waals surface area contributed by atoms with Crippen LogP contribution in [0.15, 0.2) is 24.3 Å². The summed E-state index contributed by atoms with van der Waals surface area (Å²) in [5.74, 6) is 0.969. The number of nitrogens with zero attached hydrogens (tertiary/aromatic N) is 2. The van der Waals surface area contributed by atoms with Gasteiger partial charge in [-0.05, 0) is 31.9 Å². The number of benzene rings is 1. The van der Waals surface area contributed by atoms with E-state index in [2.05, 4.69) is 26.3 Å². The number of hydrogen-bond donors (Lipinski definition) is 3. The van der Waals surface area contributed by atoms with E-state index in [9.17, 15) is 9.90 Å². The molecule has 22 heavy (non-hydrogen) atoms. The standard InChI is InChI=1S/C16H22N4O2/c1-11-19-13-5-2-3-6-15(13)20(11)8-4-7-17-16(22)14-9-12(21)10-18-14/h2-3,5-6,12,14,18,21H,4,7-10H2,1H3,(H,17,22). The lowest BCUT2D eigenvalue weighted by Gasteiger charge is -2.12. The summed E-state index contributed by atoms with van der Waals surface area (Å²) >= 11 is 0. The summed E-state index contributed by atoms with van der Waals surface area (Å²) in [4.78, 5) is 16.5. The van der Waals surface area contributed by atoms with Gasteiger partial charge in [-0.1, -0.05) is 12.1 Å². The number of fused-ring (bicyclic) bond motifs is 1. The van der Waals surface area contributed by atoms with E-state index in [1.165, 1.54) is 0 Å². The number of para-hydroxylation sites is 2. The first-order valence-corrected chi connectivity index (χ1v) is 7.76. The van der Waals surface area contributed by atoms with Gasteiger partial charge in [-0.15, -0.1) is 0 Å². The van der Waals surface area contributed by atoms with Crippen LogP contribution in [0.3, 0.4) is 0 Å². The Bertz CT molecular complexity index is 667. The second-order valence-electron chi connectivity index (χ2n) is 5.79. The van der Waals surface area contributed by atoms with Gasteiger partial charge in [-0.3, -0.25) is 4.79 Å². The third kappa shape index (κ3) is 3.13. The molecule has 2 aromatic rings. The van der Waals surface area contributed by atoms with Crippen LogP contribution in [-0.2, 0) is 11.3 Å². The Morgan fingerprint density at radius 2 is 2.32 bits per heavy atom. The Balaban J connectivity index is 1.50. The minimum Gasteiger partial charge on any atom is -0.392 e. The third-order valence-corrected chi connectivity index (χ3v) is 4.13. The molecule has 1 aromatic heterocycles. The molecule has 0 radical (unpaired) electrons. The number of aryl methyl sites for hydroxylation is 2. The predicted molar refractivity (Wildman–Crippen MR) is 84.5 cm³/mol. The average molecular weight is 302 g/mol. The van der Waals surface area contributed by atoms with Crippen LogP contribution < -0.4 is 10.6 Å². The lowest BCUT2D eigenvalue weighted by molar-refractivity contribution is -0.122. The van der Waals surface area contributed by atoms with Crippen molar-refractivity contribution >= 4 is 16.9 Å². The van der Waals surface area contributed by atoms with Gasteiger partial charge in [0.05, 0.1) is 23.2 Å². The summed E-state index contributed by atoms with van der Waals surface area (Å²) in [6.45, 7) is 3.95. The summed E-state index contributed by atoms with van der Waals surface area (Å²) in [5.41, 5.74) is 2.14. The monoisotopic (exact) mass is 302 g/mol. The Hall–Kier alpha value is -1.92. The molecule has 1 aromatic carbocycles. The van der Waals surface area contributed by atoms with Crippen LogP contribution in [0.25, 0.3) is 11.0 Å². The molecule has 1 aliphatic rings. The topological polar surface area (TPSA) is 79.2 Å². The van der Waals surface area contributed by atoms with Crippen molar-refractivity contribution in [2.45, 2.75) is 38.5 Å². The molecule has 0 saturated carbocycles. The zero-order valence-electron chi connectivity index (χ0n) is 12.7. The van der Waals surface area contributed by atoms with Gasteiger partial charge in [-0.25, -0.2) is 4.98 Å². The summed E-state index contributed by atoms with van der Waals surface area (Å²) in [5, 5.41) is 15.4. The number of imidazole rings is 1. The van der Waals surface area contributed by atoms with E-state index in [1.807, 2.05) is 25.1 Å². The number of nitrogens with one attached hydrogen (secondary N) is 2. The average Bonchev–Trinajstić information content (AvgIpc) is 3.07. The number of carbonyl (C=O) groups excluding carboxylic acids is 1. The number of aliphatic hydroxyl groups is 1. The first-order valence-electron chi connectivity index (χ1n) is 7.76. The van der Waals surface area contributed by atoms with Crippen LogP contribution >= 0.6 is 0 Å². The molecule has 3 N–H and O–H groups in total. The highest BCUT2D eigenvalue weighted by atomic mass is 16.3. The molecule has 6 nitrogen and oxygen atoms in total. The highest BCUT2D eigenvalue weighted by molar-refractivity contribution is 5.82. The van der Waals surface area contributed by atoms with Gasteiger partial charge >= 0.3 is 0 Å². The van der Waals surface area contributed by atoms with Crippen LogP contribution in [0.1, 0.15) is 18.7 Å². The van der Waals surface area contributed by atoms with Gasteiger partial charge in [0.15, 0.2) is 0 Å². The first-order chi connectivity index (χ1) is 10.6. The van der Waals surface area contributed by atoms with E-state index in [4.69, 9.17) is 0 Å². The molecule has 2 unspecified atom stereocenters. The fraction of sp³-hybridized carbons (Fsp3) is 0.500. The lowest BCUT2D eigenvalue weighted by atomic mass is 10.2. The normalized spacial score (nSPS) is 21.4. The van der Waals surface area contributed by atoms with Crippen LogP contribution in [0.2, 0.25) is 0 Å². The molecule has 1 aliphatic heterocycles. The smallest absolute Gasteiger partial charge is 0.237 e. The molecular weight excluding hydrogens is 280 g/mol. The molecule has 1 saturated heterocycles. The molecule has 118 valence electrons. The van der Waals surface area contributed by atoms with Gasteiger partial charge in [-0.2, -0.15) is 0 Å². The van der Waals surface area contributed by atoms with Crippen LogP contribution in [0, 0.1) is 6.92 Å². The maximum atomic E-state index is 11.9. The van der Waals surface area contributed by atoms with Crippen molar-refractivity contribution in [3.8, 4) is 0 Å². The summed E-state index contributed by atoms with van der Waals surface area (Å²) in [6, 6.07) is 7.82. The van der Waals surface area contributed by atoms with Crippen LogP contribution in [-0.4, -0.2) is 45.8 Å². The van der Waals surface area contributed by atoms with E-state index >= 15 is 0 Å². The summed E-state index contributed by atoms with van der Waals surface area (Å²) in [6.07, 6.45) is 0.940. The Morgan fingerprint density at radius 3 is 3.09 bits per heavy atom. The van der Waals surface area contributed by atoms with Crippen molar-refractivity contribution in [3.63, 3.8) is 0 Å². The molecule has 1 amide bonds. The van der Waals surface area contributed by atoms with Crippen molar-refractivity contribution in [1.82, 2.24) is 20.2 Å². The molecule has 0 bridgehead atoms. The molecule has 6 heteroatoms. The number of carbonyl (C=O) groups is 1. The van der Waals surface area contributed by atoms with E-state index < -0.39 is 6.10 Å². The first kappa shape index (κ1) is 15.0. The number of hydrogen-bond acceptors (Lipinski definition) is 4. The predicted octanol–water partition coefficient (Wildman–Crippen LogP) is 0.574. The van der Waals surface area contributed by atoms with E-state index in [1.54, 1.807) is 0 Å². The zero-order chi connectivity index (χ0) is 15.5. The Kier molecular flexibility index (Phi) is 4.40. The van der Waals surface area contributed by atoms with Crippen molar-refractivity contribution in [2.24, 2.45) is 0 Å². The third-order valence-electron chi connectivity index (χ3n) is 4.13. The van der Waals surface area contributed by atoms with E-state index in [0.29, 0.717) is 19.5 Å². The number of aliphatic hydroxyl groups excluding tert-OH is 1. The number of aromatic nitrogens is 2. The highest BCUT2D eigenvalue weighted by Crippen LogP contribution is 2.15. The SMILES string of the molecule is Cc1nc2ccccc2n1CCCNC(=O)C1CC(O)CN1. The largest absolute Gasteiger partial charge is 0.392 e. The number of amides is 1. The minimum absolute atomic E-state index is 0.0243. The number of β-amino-alcohol motifs (C(OH)–C–C–N with tert-alkyl or cyclic N) is 1. The van der Waals surface area contributed by atoms with E-state index in [-0.39, 0.29) is 11.9 Å². The summed E-state index contributed by atoms with van der Waals surface area (Å²) < 4.78 is 2.18. The highest BCUT2D eigenvalue weighted by Gasteiger charge is 2.27. The zero-order valence-corrected chi connectivity index (χ0v) is 12.7. The van der Waals surface area contributed by atoms with Crippen molar-refractivity contribution < 1.29 is 9.90 Å². The molecule has 2 atom stereocenters. The molecule has 1 fully saturated rings. The quantitative estimate of drug-likeness (QED) is 0.706. The van der Waals surface area contributed by atoms with Crippen LogP contribution in [0.5, 0.6) is 0 Å². The Morgan fingerprint density at radius 1 is 1.50 bits per heavy atom. The fourth-order valence-electron chi connectivity index (χ4n) is 2.97. The summed E-state index contributed by atoms with van der Waals surface area (Å²) in [7, 11) is 0. The maximum absolute atomic E-state index is 11.9. The molecule has 3 rings (SSSR count). The van der Waals surface area contributed by atoms with Gasteiger partial charge in [0, 0.05) is 19.6 Å². The van der Waals surface area contributed by atoms with Gasteiger partial charge in [0.25, 0.3) is 0 Å². The van der Waals surface area contributed by atoms with Crippen molar-refractivity contribution in [1.29, 1.82) is 0 Å². The Labute approximate surface area is 129 Å². The minimum atomic E-state index is -0.407. The van der Waals surface area contributed by atoms with Crippen LogP contribution in [0.4, 0.5) is 0 Å². The second kappa shape index (κ2) is 6.46. The lowest BCUT2D eigenvalue weighted by Crippen LogP contribution is -2.40. The molecule has 2 heterocycles. The van der Waals surface area contributed by atoms with Gasteiger partial charge in [0.2, 0.25) is 5.91 Å². The van der Waals surface area contributed by atoms with Crippen molar-refractivity contribution in [2.75, 3.05) is 13.1 Å². The fourth-order valence-corrected chi connectivity index (χ4v) is 2.97. The molecule has 0 spiro atoms. The van der Waals surface area contributed by atoms with Gasteiger partial charge < -0.3 is 20.3 Å².